The second-order valence-corrected chi connectivity index (χ2v) is 6.78. The summed E-state index contributed by atoms with van der Waals surface area (Å²) in [6, 6.07) is 9.94. The molecule has 1 aromatic heterocycles. The molecule has 0 saturated heterocycles. The largest absolute Gasteiger partial charge is 0.386 e. The van der Waals surface area contributed by atoms with Gasteiger partial charge < -0.3 is 9.67 Å². The minimum Gasteiger partial charge on any atom is -0.386 e. The number of aliphatic hydroxyl groups is 1. The molecule has 1 heterocycles. The molecule has 0 unspecified atom stereocenters. The van der Waals surface area contributed by atoms with Crippen molar-refractivity contribution in [1.29, 1.82) is 0 Å². The minimum atomic E-state index is -1.14. The normalized spacial score (nSPS) is 12.0. The SMILES string of the molecule is Cc1ccc(-c2ccc(C(C)(C)O)c(=O)n2C(C)C)c(C)c1. The van der Waals surface area contributed by atoms with Crippen molar-refractivity contribution >= 4 is 0 Å². The van der Waals surface area contributed by atoms with Crippen molar-refractivity contribution in [2.75, 3.05) is 0 Å². The lowest BCUT2D eigenvalue weighted by Gasteiger charge is -2.23. The Morgan fingerprint density at radius 1 is 1.09 bits per heavy atom. The van der Waals surface area contributed by atoms with Crippen LogP contribution in [0.3, 0.4) is 0 Å². The van der Waals surface area contributed by atoms with Gasteiger partial charge in [-0.05, 0) is 59.2 Å². The van der Waals surface area contributed by atoms with Gasteiger partial charge in [0.05, 0.1) is 11.3 Å². The number of aromatic nitrogens is 1. The van der Waals surface area contributed by atoms with Crippen LogP contribution >= 0.6 is 0 Å². The summed E-state index contributed by atoms with van der Waals surface area (Å²) in [6.45, 7) is 11.4. The molecule has 1 N–H and O–H groups in total. The van der Waals surface area contributed by atoms with Crippen LogP contribution in [0.1, 0.15) is 50.4 Å². The van der Waals surface area contributed by atoms with Crippen LogP contribution in [0, 0.1) is 13.8 Å². The monoisotopic (exact) mass is 299 g/mol. The van der Waals surface area contributed by atoms with Crippen LogP contribution in [0.5, 0.6) is 0 Å². The van der Waals surface area contributed by atoms with Crippen LogP contribution in [-0.4, -0.2) is 9.67 Å². The molecule has 22 heavy (non-hydrogen) atoms. The molecular formula is C19H25NO2. The Morgan fingerprint density at radius 2 is 1.73 bits per heavy atom. The zero-order valence-corrected chi connectivity index (χ0v) is 14.3. The van der Waals surface area contributed by atoms with E-state index < -0.39 is 5.60 Å². The Labute approximate surface area is 132 Å². The first kappa shape index (κ1) is 16.5. The zero-order chi connectivity index (χ0) is 16.7. The lowest BCUT2D eigenvalue weighted by atomic mass is 9.96. The molecule has 0 spiro atoms. The Hall–Kier alpha value is -1.87. The van der Waals surface area contributed by atoms with Crippen molar-refractivity contribution in [3.05, 3.63) is 57.4 Å². The molecule has 0 aliphatic rings. The summed E-state index contributed by atoms with van der Waals surface area (Å²) in [6.07, 6.45) is 0. The number of pyridine rings is 1. The van der Waals surface area contributed by atoms with E-state index in [1.807, 2.05) is 19.9 Å². The predicted molar refractivity (Wildman–Crippen MR) is 91.2 cm³/mol. The third-order valence-corrected chi connectivity index (χ3v) is 3.95. The molecule has 2 rings (SSSR count). The van der Waals surface area contributed by atoms with Gasteiger partial charge >= 0.3 is 0 Å². The Kier molecular flexibility index (Phi) is 4.30. The van der Waals surface area contributed by atoms with Crippen molar-refractivity contribution in [2.45, 2.75) is 53.2 Å². The summed E-state index contributed by atoms with van der Waals surface area (Å²) >= 11 is 0. The molecule has 2 aromatic rings. The molecule has 3 heteroatoms. The molecule has 1 aromatic carbocycles. The fourth-order valence-electron chi connectivity index (χ4n) is 2.85. The summed E-state index contributed by atoms with van der Waals surface area (Å²) in [5.41, 5.74) is 3.45. The van der Waals surface area contributed by atoms with Crippen molar-refractivity contribution in [3.8, 4) is 11.3 Å². The standard InChI is InChI=1S/C19H25NO2/c1-12(2)20-17(15-8-7-13(3)11-14(15)4)10-9-16(18(20)21)19(5,6)22/h7-12,22H,1-6H3. The van der Waals surface area contributed by atoms with Crippen LogP contribution in [-0.2, 0) is 5.60 Å². The molecule has 118 valence electrons. The second kappa shape index (κ2) is 5.73. The number of nitrogens with zero attached hydrogens (tertiary/aromatic N) is 1. The number of hydrogen-bond donors (Lipinski definition) is 1. The van der Waals surface area contributed by atoms with Crippen molar-refractivity contribution in [2.24, 2.45) is 0 Å². The van der Waals surface area contributed by atoms with Gasteiger partial charge in [-0.15, -0.1) is 0 Å². The first-order chi connectivity index (χ1) is 10.1. The molecule has 0 aliphatic heterocycles. The van der Waals surface area contributed by atoms with E-state index >= 15 is 0 Å². The summed E-state index contributed by atoms with van der Waals surface area (Å²) in [7, 11) is 0. The third kappa shape index (κ3) is 3.00. The first-order valence-electron chi connectivity index (χ1n) is 7.69. The molecule has 0 fully saturated rings. The Bertz CT molecular complexity index is 749. The first-order valence-corrected chi connectivity index (χ1v) is 7.69. The molecule has 0 radical (unpaired) electrons. The highest BCUT2D eigenvalue weighted by Crippen LogP contribution is 2.27. The molecule has 3 nitrogen and oxygen atoms in total. The van der Waals surface area contributed by atoms with Gasteiger partial charge in [0.2, 0.25) is 0 Å². The summed E-state index contributed by atoms with van der Waals surface area (Å²) in [4.78, 5) is 12.8. The number of aryl methyl sites for hydroxylation is 2. The number of hydrogen-bond acceptors (Lipinski definition) is 2. The second-order valence-electron chi connectivity index (χ2n) is 6.78. The zero-order valence-electron chi connectivity index (χ0n) is 14.3. The van der Waals surface area contributed by atoms with Crippen LogP contribution in [0.4, 0.5) is 0 Å². The Balaban J connectivity index is 2.78. The van der Waals surface area contributed by atoms with Crippen molar-refractivity contribution in [3.63, 3.8) is 0 Å². The predicted octanol–water partition coefficient (Wildman–Crippen LogP) is 3.94. The topological polar surface area (TPSA) is 42.2 Å². The van der Waals surface area contributed by atoms with E-state index in [1.165, 1.54) is 5.56 Å². The minimum absolute atomic E-state index is 0.0190. The molecule has 0 atom stereocenters. The van der Waals surface area contributed by atoms with Gasteiger partial charge in [0.15, 0.2) is 0 Å². The average molecular weight is 299 g/mol. The van der Waals surface area contributed by atoms with Crippen LogP contribution in [0.2, 0.25) is 0 Å². The van der Waals surface area contributed by atoms with E-state index in [4.69, 9.17) is 0 Å². The Morgan fingerprint density at radius 3 is 2.23 bits per heavy atom. The quantitative estimate of drug-likeness (QED) is 0.932. The molecule has 0 amide bonds. The summed E-state index contributed by atoms with van der Waals surface area (Å²) in [5, 5.41) is 10.2. The molecule has 0 saturated carbocycles. The van der Waals surface area contributed by atoms with E-state index in [9.17, 15) is 9.90 Å². The highest BCUT2D eigenvalue weighted by Gasteiger charge is 2.23. The average Bonchev–Trinajstić information content (AvgIpc) is 2.36. The van der Waals surface area contributed by atoms with Gasteiger partial charge in [-0.2, -0.15) is 0 Å². The van der Waals surface area contributed by atoms with E-state index in [0.717, 1.165) is 16.8 Å². The van der Waals surface area contributed by atoms with E-state index in [-0.39, 0.29) is 11.6 Å². The lowest BCUT2D eigenvalue weighted by Crippen LogP contribution is -2.33. The third-order valence-electron chi connectivity index (χ3n) is 3.95. The maximum atomic E-state index is 12.8. The van der Waals surface area contributed by atoms with Gasteiger partial charge in [-0.3, -0.25) is 4.79 Å². The van der Waals surface area contributed by atoms with Gasteiger partial charge in [0.25, 0.3) is 5.56 Å². The highest BCUT2D eigenvalue weighted by molar-refractivity contribution is 5.65. The van der Waals surface area contributed by atoms with Gasteiger partial charge in [-0.1, -0.05) is 23.8 Å². The molecule has 0 aliphatic carbocycles. The van der Waals surface area contributed by atoms with Gasteiger partial charge in [-0.25, -0.2) is 0 Å². The van der Waals surface area contributed by atoms with Crippen LogP contribution < -0.4 is 5.56 Å². The van der Waals surface area contributed by atoms with Crippen LogP contribution in [0.15, 0.2) is 35.1 Å². The van der Waals surface area contributed by atoms with Crippen LogP contribution in [0.25, 0.3) is 11.3 Å². The molecule has 0 bridgehead atoms. The molecular weight excluding hydrogens is 274 g/mol. The highest BCUT2D eigenvalue weighted by atomic mass is 16.3. The number of benzene rings is 1. The van der Waals surface area contributed by atoms with E-state index in [2.05, 4.69) is 32.0 Å². The lowest BCUT2D eigenvalue weighted by molar-refractivity contribution is 0.0764. The van der Waals surface area contributed by atoms with Crippen molar-refractivity contribution in [1.82, 2.24) is 4.57 Å². The smallest absolute Gasteiger partial charge is 0.257 e. The van der Waals surface area contributed by atoms with E-state index in [0.29, 0.717) is 5.56 Å². The summed E-state index contributed by atoms with van der Waals surface area (Å²) < 4.78 is 1.77. The van der Waals surface area contributed by atoms with E-state index in [1.54, 1.807) is 24.5 Å². The van der Waals surface area contributed by atoms with Crippen molar-refractivity contribution < 1.29 is 5.11 Å². The number of rotatable bonds is 3. The fourth-order valence-corrected chi connectivity index (χ4v) is 2.85. The van der Waals surface area contributed by atoms with Gasteiger partial charge in [0, 0.05) is 17.2 Å². The van der Waals surface area contributed by atoms with Gasteiger partial charge in [0.1, 0.15) is 0 Å². The fraction of sp³-hybridized carbons (Fsp3) is 0.421. The summed E-state index contributed by atoms with van der Waals surface area (Å²) in [5.74, 6) is 0. The maximum Gasteiger partial charge on any atom is 0.257 e. The maximum absolute atomic E-state index is 12.8.